The third-order valence-corrected chi connectivity index (χ3v) is 13.3. The summed E-state index contributed by atoms with van der Waals surface area (Å²) >= 11 is 0. The molecule has 0 amide bonds. The fourth-order valence-electron chi connectivity index (χ4n) is 10.4. The molecule has 4 heteroatoms. The second-order valence-corrected chi connectivity index (χ2v) is 17.0. The van der Waals surface area contributed by atoms with Gasteiger partial charge in [0.2, 0.25) is 0 Å². The van der Waals surface area contributed by atoms with Crippen molar-refractivity contribution in [3.63, 3.8) is 0 Å². The van der Waals surface area contributed by atoms with Crippen molar-refractivity contribution >= 4 is 38.9 Å². The molecule has 2 aliphatic heterocycles. The Labute approximate surface area is 363 Å². The van der Waals surface area contributed by atoms with Crippen molar-refractivity contribution in [3.8, 4) is 27.9 Å². The van der Waals surface area contributed by atoms with Crippen molar-refractivity contribution in [2.45, 2.75) is 43.4 Å². The number of nitrogens with zero attached hydrogens (tertiary/aromatic N) is 3. The van der Waals surface area contributed by atoms with Crippen LogP contribution in [0.15, 0.2) is 223 Å². The third kappa shape index (κ3) is 6.29. The first kappa shape index (κ1) is 36.6. The Hall–Kier alpha value is -7.27. The number of anilines is 2. The van der Waals surface area contributed by atoms with E-state index in [2.05, 4.69) is 227 Å². The van der Waals surface area contributed by atoms with Crippen LogP contribution in [0.3, 0.4) is 0 Å². The highest BCUT2D eigenvalue weighted by Crippen LogP contribution is 2.52. The summed E-state index contributed by atoms with van der Waals surface area (Å²) in [6.07, 6.45) is 18.7. The van der Waals surface area contributed by atoms with E-state index in [4.69, 9.17) is 4.99 Å². The van der Waals surface area contributed by atoms with Gasteiger partial charge in [0.1, 0.15) is 6.17 Å². The first-order valence-electron chi connectivity index (χ1n) is 22.1. The Morgan fingerprint density at radius 1 is 0.597 bits per heavy atom. The van der Waals surface area contributed by atoms with Gasteiger partial charge in [-0.05, 0) is 101 Å². The van der Waals surface area contributed by atoms with Crippen molar-refractivity contribution in [2.24, 2.45) is 4.99 Å². The minimum absolute atomic E-state index is 0.0769. The van der Waals surface area contributed by atoms with E-state index in [-0.39, 0.29) is 18.2 Å². The topological polar surface area (TPSA) is 32.6 Å². The number of aromatic nitrogens is 1. The maximum atomic E-state index is 5.34. The van der Waals surface area contributed by atoms with Gasteiger partial charge in [-0.15, -0.1) is 0 Å². The lowest BCUT2D eigenvalue weighted by atomic mass is 9.90. The predicted molar refractivity (Wildman–Crippen MR) is 259 cm³/mol. The first-order chi connectivity index (χ1) is 30.7. The average Bonchev–Trinajstić information content (AvgIpc) is 4.03. The maximum Gasteiger partial charge on any atom is 0.126 e. The van der Waals surface area contributed by atoms with Gasteiger partial charge in [-0.3, -0.25) is 10.3 Å². The molecule has 4 atom stereocenters. The summed E-state index contributed by atoms with van der Waals surface area (Å²) < 4.78 is 2.44. The van der Waals surface area contributed by atoms with Crippen LogP contribution in [-0.4, -0.2) is 22.4 Å². The van der Waals surface area contributed by atoms with Crippen LogP contribution in [-0.2, 0) is 6.42 Å². The monoisotopic (exact) mass is 798 g/mol. The van der Waals surface area contributed by atoms with Crippen LogP contribution in [0.4, 0.5) is 11.4 Å². The molecule has 298 valence electrons. The van der Waals surface area contributed by atoms with E-state index in [1.165, 1.54) is 83.4 Å². The molecule has 8 aromatic rings. The van der Waals surface area contributed by atoms with Gasteiger partial charge in [-0.25, -0.2) is 0 Å². The standard InChI is InChI=1S/C58H46N4/c1-4-16-39(17-5-1)36-52-56(41-18-6-2-7-19-41)60-58(59-52)42-32-30-40(31-33-42)43-34-35-55-51(38-43)49-25-11-12-28-53(49)61(55)46-23-14-20-44(37-46)47-26-15-27-50-48-24-10-13-29-54(48)62(57(47)50)45-21-8-3-9-22-45/h1-6,8-18,20-35,37-38,48,52,54,58-59H,7,19,36H2/t48?,52-,54?,58?/m1/s1. The summed E-state index contributed by atoms with van der Waals surface area (Å²) in [6, 6.07) is 62.9. The molecule has 1 aromatic heterocycles. The molecular formula is C58H46N4. The zero-order valence-corrected chi connectivity index (χ0v) is 34.5. The largest absolute Gasteiger partial charge is 0.333 e. The van der Waals surface area contributed by atoms with Gasteiger partial charge in [0.25, 0.3) is 0 Å². The minimum atomic E-state index is -0.0769. The lowest BCUT2D eigenvalue weighted by Crippen LogP contribution is -2.34. The molecule has 7 aromatic carbocycles. The third-order valence-electron chi connectivity index (χ3n) is 13.3. The molecule has 4 aliphatic rings. The number of allylic oxidation sites excluding steroid dienone is 5. The summed E-state index contributed by atoms with van der Waals surface area (Å²) in [5, 5.41) is 6.39. The van der Waals surface area contributed by atoms with Crippen LogP contribution in [0, 0.1) is 0 Å². The van der Waals surface area contributed by atoms with Crippen LogP contribution in [0.25, 0.3) is 49.7 Å². The molecule has 3 unspecified atom stereocenters. The van der Waals surface area contributed by atoms with E-state index >= 15 is 0 Å². The van der Waals surface area contributed by atoms with Crippen LogP contribution >= 0.6 is 0 Å². The van der Waals surface area contributed by atoms with E-state index in [1.807, 2.05) is 0 Å². The smallest absolute Gasteiger partial charge is 0.126 e. The zero-order chi connectivity index (χ0) is 41.0. The maximum absolute atomic E-state index is 5.34. The number of hydrogen-bond acceptors (Lipinski definition) is 3. The molecule has 1 N–H and O–H groups in total. The first-order valence-corrected chi connectivity index (χ1v) is 22.1. The van der Waals surface area contributed by atoms with Gasteiger partial charge in [0, 0.05) is 33.6 Å². The molecule has 0 fully saturated rings. The Kier molecular flexibility index (Phi) is 9.04. The fraction of sp³-hybridized carbons (Fsp3) is 0.121. The number of para-hydroxylation sites is 3. The molecule has 3 heterocycles. The molecule has 12 rings (SSSR count). The molecule has 62 heavy (non-hydrogen) atoms. The molecule has 0 spiro atoms. The molecular weight excluding hydrogens is 753 g/mol. The van der Waals surface area contributed by atoms with Gasteiger partial charge in [-0.1, -0.05) is 170 Å². The fourth-order valence-corrected chi connectivity index (χ4v) is 10.4. The quantitative estimate of drug-likeness (QED) is 0.166. The highest BCUT2D eigenvalue weighted by molar-refractivity contribution is 6.10. The van der Waals surface area contributed by atoms with E-state index in [1.54, 1.807) is 0 Å². The van der Waals surface area contributed by atoms with Crippen molar-refractivity contribution in [3.05, 3.63) is 235 Å². The molecule has 0 saturated carbocycles. The van der Waals surface area contributed by atoms with E-state index < -0.39 is 0 Å². The number of fused-ring (bicyclic) bond motifs is 6. The lowest BCUT2D eigenvalue weighted by molar-refractivity contribution is 0.556. The van der Waals surface area contributed by atoms with E-state index in [0.29, 0.717) is 5.92 Å². The van der Waals surface area contributed by atoms with E-state index in [9.17, 15) is 0 Å². The average molecular weight is 799 g/mol. The SMILES string of the molecule is C1=CCCC(C2=NC(c3ccc(-c4ccc5c(c4)c4ccccc4n5-c4cccc(-c5cccc6c5N(c5ccccc5)C5C=CC=CC65)c4)cc3)N[C@@H]2Cc2ccccc2)=C1. The number of benzene rings is 7. The van der Waals surface area contributed by atoms with E-state index in [0.717, 1.165) is 24.9 Å². The molecule has 2 aliphatic carbocycles. The lowest BCUT2D eigenvalue weighted by Gasteiger charge is -2.29. The molecule has 4 nitrogen and oxygen atoms in total. The highest BCUT2D eigenvalue weighted by atomic mass is 15.2. The van der Waals surface area contributed by atoms with Crippen molar-refractivity contribution < 1.29 is 0 Å². The van der Waals surface area contributed by atoms with Crippen LogP contribution in [0.1, 0.15) is 41.6 Å². The van der Waals surface area contributed by atoms with Crippen LogP contribution < -0.4 is 10.2 Å². The summed E-state index contributed by atoms with van der Waals surface area (Å²) in [6.45, 7) is 0. The number of nitrogens with one attached hydrogen (secondary N) is 1. The van der Waals surface area contributed by atoms with Crippen molar-refractivity contribution in [2.75, 3.05) is 4.90 Å². The van der Waals surface area contributed by atoms with Crippen molar-refractivity contribution in [1.29, 1.82) is 0 Å². The molecule has 0 radical (unpaired) electrons. The second kappa shape index (κ2) is 15.3. The highest BCUT2D eigenvalue weighted by Gasteiger charge is 2.39. The Bertz CT molecular complexity index is 3150. The van der Waals surface area contributed by atoms with Crippen molar-refractivity contribution in [1.82, 2.24) is 9.88 Å². The van der Waals surface area contributed by atoms with Crippen LogP contribution in [0.2, 0.25) is 0 Å². The predicted octanol–water partition coefficient (Wildman–Crippen LogP) is 13.8. The van der Waals surface area contributed by atoms with Crippen LogP contribution in [0.5, 0.6) is 0 Å². The molecule has 0 saturated heterocycles. The number of rotatable bonds is 8. The Morgan fingerprint density at radius 2 is 1.35 bits per heavy atom. The Balaban J connectivity index is 0.887. The summed E-state index contributed by atoms with van der Waals surface area (Å²) in [7, 11) is 0. The second-order valence-electron chi connectivity index (χ2n) is 17.0. The summed E-state index contributed by atoms with van der Waals surface area (Å²) in [5.74, 6) is 0.307. The molecule has 0 bridgehead atoms. The van der Waals surface area contributed by atoms with Gasteiger partial charge < -0.3 is 9.47 Å². The summed E-state index contributed by atoms with van der Waals surface area (Å²) in [5.41, 5.74) is 17.4. The minimum Gasteiger partial charge on any atom is -0.333 e. The van der Waals surface area contributed by atoms with Gasteiger partial charge >= 0.3 is 0 Å². The number of hydrogen-bond donors (Lipinski definition) is 1. The number of aliphatic imine (C=N–C) groups is 1. The summed E-state index contributed by atoms with van der Waals surface area (Å²) in [4.78, 5) is 7.88. The van der Waals surface area contributed by atoms with Gasteiger partial charge in [0.15, 0.2) is 0 Å². The zero-order valence-electron chi connectivity index (χ0n) is 34.5. The van der Waals surface area contributed by atoms with Gasteiger partial charge in [-0.2, -0.15) is 0 Å². The Morgan fingerprint density at radius 3 is 2.21 bits per heavy atom. The van der Waals surface area contributed by atoms with Gasteiger partial charge in [0.05, 0.1) is 34.5 Å². The normalized spacial score (nSPS) is 20.1.